The fourth-order valence-corrected chi connectivity index (χ4v) is 3.37. The highest BCUT2D eigenvalue weighted by molar-refractivity contribution is 9.10. The van der Waals surface area contributed by atoms with Crippen LogP contribution in [0.5, 0.6) is 11.5 Å². The topological polar surface area (TPSA) is 65.7 Å². The van der Waals surface area contributed by atoms with Gasteiger partial charge in [-0.2, -0.15) is 9.78 Å². The van der Waals surface area contributed by atoms with E-state index in [0.717, 1.165) is 4.47 Å². The van der Waals surface area contributed by atoms with Crippen LogP contribution in [0.15, 0.2) is 44.7 Å². The molecule has 0 aliphatic heterocycles. The Morgan fingerprint density at radius 3 is 2.86 bits per heavy atom. The quantitative estimate of drug-likeness (QED) is 0.395. The largest absolute Gasteiger partial charge is 0.493 e. The van der Waals surface area contributed by atoms with Crippen LogP contribution in [0, 0.1) is 12.3 Å². The van der Waals surface area contributed by atoms with Crippen LogP contribution in [0.2, 0.25) is 5.02 Å². The van der Waals surface area contributed by atoms with Crippen LogP contribution in [-0.4, -0.2) is 29.6 Å². The van der Waals surface area contributed by atoms with Crippen molar-refractivity contribution in [2.24, 2.45) is 5.10 Å². The van der Waals surface area contributed by atoms with Crippen LogP contribution in [0.1, 0.15) is 18.3 Å². The lowest BCUT2D eigenvalue weighted by Gasteiger charge is -2.11. The zero-order valence-corrected chi connectivity index (χ0v) is 18.1. The number of aromatic nitrogens is 2. The van der Waals surface area contributed by atoms with Crippen molar-refractivity contribution < 1.29 is 9.47 Å². The third-order valence-electron chi connectivity index (χ3n) is 4.07. The number of halogens is 2. The van der Waals surface area contributed by atoms with Crippen molar-refractivity contribution in [3.63, 3.8) is 0 Å². The van der Waals surface area contributed by atoms with Gasteiger partial charge in [0.15, 0.2) is 11.5 Å². The molecule has 3 rings (SSSR count). The Morgan fingerprint density at radius 2 is 2.17 bits per heavy atom. The van der Waals surface area contributed by atoms with Crippen LogP contribution >= 0.6 is 27.5 Å². The van der Waals surface area contributed by atoms with E-state index in [-0.39, 0.29) is 12.2 Å². The third kappa shape index (κ3) is 4.44. The number of nitrogens with zero attached hydrogens (tertiary/aromatic N) is 3. The lowest BCUT2D eigenvalue weighted by molar-refractivity contribution is 0.331. The van der Waals surface area contributed by atoms with Gasteiger partial charge in [-0.25, -0.2) is 4.98 Å². The number of hydrogen-bond acceptors (Lipinski definition) is 5. The summed E-state index contributed by atoms with van der Waals surface area (Å²) in [6, 6.07) is 8.73. The molecule has 1 heterocycles. The minimum Gasteiger partial charge on any atom is -0.493 e. The number of fused-ring (bicyclic) bond motifs is 1. The molecular weight excluding hydrogens is 458 g/mol. The number of aryl methyl sites for hydroxylation is 1. The number of ether oxygens (including phenoxy) is 2. The fraction of sp³-hybridized carbons (Fsp3) is 0.190. The van der Waals surface area contributed by atoms with Crippen LogP contribution in [0.4, 0.5) is 0 Å². The van der Waals surface area contributed by atoms with Gasteiger partial charge in [-0.1, -0.05) is 40.4 Å². The minimum absolute atomic E-state index is 0.0666. The predicted molar refractivity (Wildman–Crippen MR) is 118 cm³/mol. The van der Waals surface area contributed by atoms with Gasteiger partial charge in [0.05, 0.1) is 29.2 Å². The molecule has 6 nitrogen and oxygen atoms in total. The summed E-state index contributed by atoms with van der Waals surface area (Å²) in [6.07, 6.45) is 7.29. The first-order valence-corrected chi connectivity index (χ1v) is 9.85. The second-order valence-electron chi connectivity index (χ2n) is 5.93. The van der Waals surface area contributed by atoms with Crippen molar-refractivity contribution in [2.45, 2.75) is 13.3 Å². The smallest absolute Gasteiger partial charge is 0.282 e. The number of terminal acetylenes is 1. The van der Waals surface area contributed by atoms with Crippen molar-refractivity contribution in [1.82, 2.24) is 9.66 Å². The normalized spacial score (nSPS) is 11.0. The van der Waals surface area contributed by atoms with E-state index in [9.17, 15) is 4.79 Å². The molecule has 148 valence electrons. The Hall–Kier alpha value is -2.82. The Morgan fingerprint density at radius 1 is 1.38 bits per heavy atom. The van der Waals surface area contributed by atoms with Crippen molar-refractivity contribution in [2.75, 3.05) is 13.7 Å². The summed E-state index contributed by atoms with van der Waals surface area (Å²) < 4.78 is 12.8. The average Bonchev–Trinajstić information content (AvgIpc) is 2.72. The lowest BCUT2D eigenvalue weighted by Crippen LogP contribution is -2.22. The second kappa shape index (κ2) is 9.12. The Labute approximate surface area is 181 Å². The van der Waals surface area contributed by atoms with Crippen LogP contribution < -0.4 is 15.0 Å². The SMILES string of the molecule is C#CCOc1c(Cl)cc(C=Nn2c(CC)nc3ccc(Br)cc3c2=O)cc1OC. The van der Waals surface area contributed by atoms with E-state index in [1.807, 2.05) is 13.0 Å². The number of rotatable bonds is 6. The molecule has 0 fully saturated rings. The molecule has 3 aromatic rings. The van der Waals surface area contributed by atoms with E-state index in [0.29, 0.717) is 45.2 Å². The molecule has 0 saturated heterocycles. The molecule has 0 aliphatic rings. The van der Waals surface area contributed by atoms with Crippen molar-refractivity contribution in [1.29, 1.82) is 0 Å². The molecule has 8 heteroatoms. The highest BCUT2D eigenvalue weighted by Crippen LogP contribution is 2.36. The fourth-order valence-electron chi connectivity index (χ4n) is 2.74. The van der Waals surface area contributed by atoms with E-state index >= 15 is 0 Å². The molecule has 2 aromatic carbocycles. The van der Waals surface area contributed by atoms with Gasteiger partial charge in [-0.05, 0) is 35.9 Å². The second-order valence-corrected chi connectivity index (χ2v) is 7.25. The molecule has 0 radical (unpaired) electrons. The number of hydrogen-bond donors (Lipinski definition) is 0. The molecule has 0 saturated carbocycles. The minimum atomic E-state index is -0.253. The highest BCUT2D eigenvalue weighted by Gasteiger charge is 2.12. The first kappa shape index (κ1) is 20.9. The van der Waals surface area contributed by atoms with E-state index < -0.39 is 0 Å². The molecule has 29 heavy (non-hydrogen) atoms. The summed E-state index contributed by atoms with van der Waals surface area (Å²) >= 11 is 9.68. The summed E-state index contributed by atoms with van der Waals surface area (Å²) in [4.78, 5) is 17.5. The summed E-state index contributed by atoms with van der Waals surface area (Å²) in [6.45, 7) is 1.98. The standard InChI is InChI=1S/C21H17BrClN3O3/c1-4-8-29-20-16(23)9-13(10-18(20)28-3)12-24-26-19(5-2)25-17-7-6-14(22)11-15(17)21(26)27/h1,6-7,9-12H,5,8H2,2-3H3. The monoisotopic (exact) mass is 473 g/mol. The van der Waals surface area contributed by atoms with Crippen LogP contribution in [-0.2, 0) is 6.42 Å². The van der Waals surface area contributed by atoms with Gasteiger partial charge in [0.25, 0.3) is 5.56 Å². The van der Waals surface area contributed by atoms with Gasteiger partial charge >= 0.3 is 0 Å². The molecule has 0 atom stereocenters. The molecule has 0 N–H and O–H groups in total. The maximum atomic E-state index is 12.9. The van der Waals surface area contributed by atoms with E-state index in [1.165, 1.54) is 18.0 Å². The third-order valence-corrected chi connectivity index (χ3v) is 4.84. The number of benzene rings is 2. The van der Waals surface area contributed by atoms with Gasteiger partial charge in [0.2, 0.25) is 0 Å². The predicted octanol–water partition coefficient (Wildman–Crippen LogP) is 4.28. The molecule has 0 bridgehead atoms. The van der Waals surface area contributed by atoms with Gasteiger partial charge < -0.3 is 9.47 Å². The zero-order chi connectivity index (χ0) is 21.0. The van der Waals surface area contributed by atoms with Crippen molar-refractivity contribution in [3.05, 3.63) is 61.6 Å². The summed E-state index contributed by atoms with van der Waals surface area (Å²) in [5.41, 5.74) is 1.00. The summed E-state index contributed by atoms with van der Waals surface area (Å²) in [5, 5.41) is 5.15. The molecule has 0 amide bonds. The Kier molecular flexibility index (Phi) is 6.57. The molecular formula is C21H17BrClN3O3. The molecule has 1 aromatic heterocycles. The summed E-state index contributed by atoms with van der Waals surface area (Å²) in [7, 11) is 1.50. The number of methoxy groups -OCH3 is 1. The van der Waals surface area contributed by atoms with Crippen LogP contribution in [0.25, 0.3) is 10.9 Å². The first-order chi connectivity index (χ1) is 14.0. The maximum Gasteiger partial charge on any atom is 0.282 e. The molecule has 0 unspecified atom stereocenters. The molecule has 0 spiro atoms. The van der Waals surface area contributed by atoms with E-state index in [4.69, 9.17) is 27.5 Å². The van der Waals surface area contributed by atoms with Gasteiger partial charge in [0, 0.05) is 10.9 Å². The Balaban J connectivity index is 2.07. The average molecular weight is 475 g/mol. The molecule has 0 aliphatic carbocycles. The van der Waals surface area contributed by atoms with Crippen molar-refractivity contribution in [3.8, 4) is 23.8 Å². The maximum absolute atomic E-state index is 12.9. The van der Waals surface area contributed by atoms with E-state index in [2.05, 4.69) is 31.9 Å². The van der Waals surface area contributed by atoms with Gasteiger partial charge in [-0.15, -0.1) is 6.42 Å². The first-order valence-electron chi connectivity index (χ1n) is 8.67. The lowest BCUT2D eigenvalue weighted by atomic mass is 10.2. The van der Waals surface area contributed by atoms with Crippen molar-refractivity contribution >= 4 is 44.6 Å². The van der Waals surface area contributed by atoms with Gasteiger partial charge in [0.1, 0.15) is 12.4 Å². The zero-order valence-electron chi connectivity index (χ0n) is 15.8. The van der Waals surface area contributed by atoms with Gasteiger partial charge in [-0.3, -0.25) is 4.79 Å². The van der Waals surface area contributed by atoms with E-state index in [1.54, 1.807) is 24.3 Å². The van der Waals surface area contributed by atoms with Crippen LogP contribution in [0.3, 0.4) is 0 Å². The Bertz CT molecular complexity index is 1200. The summed E-state index contributed by atoms with van der Waals surface area (Å²) in [5.74, 6) is 3.70. The highest BCUT2D eigenvalue weighted by atomic mass is 79.9.